The fraction of sp³-hybridized carbons (Fsp3) is 0. The predicted molar refractivity (Wildman–Crippen MR) is 69.6 cm³/mol. The molecule has 18 heavy (non-hydrogen) atoms. The van der Waals surface area contributed by atoms with Crippen LogP contribution >= 0.6 is 23.2 Å². The Morgan fingerprint density at radius 2 is 1.72 bits per heavy atom. The second-order valence-electron chi connectivity index (χ2n) is 3.43. The van der Waals surface area contributed by atoms with Crippen molar-refractivity contribution in [3.63, 3.8) is 0 Å². The quantitative estimate of drug-likeness (QED) is 0.606. The summed E-state index contributed by atoms with van der Waals surface area (Å²) >= 11 is 11.6. The summed E-state index contributed by atoms with van der Waals surface area (Å²) in [6.45, 7) is 0. The largest absolute Gasteiger partial charge is 0.456 e. The molecule has 0 unspecified atom stereocenters. The number of halogens is 2. The van der Waals surface area contributed by atoms with Gasteiger partial charge in [0.2, 0.25) is 0 Å². The minimum atomic E-state index is -0.516. The molecule has 0 aliphatic rings. The molecule has 0 radical (unpaired) electrons. The number of nitrogens with zero attached hydrogens (tertiary/aromatic N) is 1. The summed E-state index contributed by atoms with van der Waals surface area (Å²) in [6.07, 6.45) is 0. The molecule has 0 bridgehead atoms. The number of nitro benzene ring substituents is 1. The van der Waals surface area contributed by atoms with Gasteiger partial charge in [-0.15, -0.1) is 0 Å². The maximum Gasteiger partial charge on any atom is 0.271 e. The number of hydrogen-bond donors (Lipinski definition) is 0. The van der Waals surface area contributed by atoms with Gasteiger partial charge in [-0.3, -0.25) is 10.1 Å². The molecule has 0 heterocycles. The fourth-order valence-corrected chi connectivity index (χ4v) is 1.66. The van der Waals surface area contributed by atoms with Crippen molar-refractivity contribution in [2.45, 2.75) is 0 Å². The van der Waals surface area contributed by atoms with Gasteiger partial charge in [-0.05, 0) is 30.3 Å². The van der Waals surface area contributed by atoms with Crippen LogP contribution < -0.4 is 4.74 Å². The van der Waals surface area contributed by atoms with Crippen LogP contribution in [-0.4, -0.2) is 4.92 Å². The van der Waals surface area contributed by atoms with Gasteiger partial charge in [0.25, 0.3) is 5.69 Å². The Morgan fingerprint density at radius 3 is 2.28 bits per heavy atom. The lowest BCUT2D eigenvalue weighted by molar-refractivity contribution is -0.384. The standard InChI is InChI=1S/C12H7Cl2NO3/c13-8-1-4-10(5-2-8)18-12-6-3-9(15(16)17)7-11(12)14/h1-7H. The Balaban J connectivity index is 2.24. The second-order valence-corrected chi connectivity index (χ2v) is 4.27. The summed E-state index contributed by atoms with van der Waals surface area (Å²) in [5.41, 5.74) is -0.0801. The number of hydrogen-bond acceptors (Lipinski definition) is 3. The lowest BCUT2D eigenvalue weighted by Gasteiger charge is -2.07. The highest BCUT2D eigenvalue weighted by Crippen LogP contribution is 2.32. The highest BCUT2D eigenvalue weighted by atomic mass is 35.5. The van der Waals surface area contributed by atoms with Crippen molar-refractivity contribution < 1.29 is 9.66 Å². The monoisotopic (exact) mass is 283 g/mol. The molecular formula is C12H7Cl2NO3. The first-order valence-corrected chi connectivity index (χ1v) is 5.69. The number of non-ortho nitro benzene ring substituents is 1. The van der Waals surface area contributed by atoms with Gasteiger partial charge in [0.1, 0.15) is 11.5 Å². The van der Waals surface area contributed by atoms with Crippen molar-refractivity contribution in [2.75, 3.05) is 0 Å². The normalized spacial score (nSPS) is 10.1. The van der Waals surface area contributed by atoms with Crippen molar-refractivity contribution >= 4 is 28.9 Å². The molecule has 92 valence electrons. The first kappa shape index (κ1) is 12.7. The van der Waals surface area contributed by atoms with Crippen LogP contribution in [0.3, 0.4) is 0 Å². The summed E-state index contributed by atoms with van der Waals surface area (Å²) in [5, 5.41) is 11.3. The second kappa shape index (κ2) is 5.25. The number of nitro groups is 1. The number of ether oxygens (including phenoxy) is 1. The van der Waals surface area contributed by atoms with Crippen LogP contribution in [0.2, 0.25) is 10.0 Å². The molecule has 0 atom stereocenters. The molecule has 0 spiro atoms. The van der Waals surface area contributed by atoms with Crippen LogP contribution in [0.15, 0.2) is 42.5 Å². The molecule has 0 amide bonds. The molecule has 0 N–H and O–H groups in total. The molecule has 0 aromatic heterocycles. The van der Waals surface area contributed by atoms with Crippen molar-refractivity contribution in [3.05, 3.63) is 62.6 Å². The van der Waals surface area contributed by atoms with E-state index in [0.717, 1.165) is 0 Å². The van der Waals surface area contributed by atoms with Gasteiger partial charge in [-0.1, -0.05) is 23.2 Å². The molecule has 0 aliphatic carbocycles. The molecule has 6 heteroatoms. The summed E-state index contributed by atoms with van der Waals surface area (Å²) in [7, 11) is 0. The average molecular weight is 284 g/mol. The highest BCUT2D eigenvalue weighted by molar-refractivity contribution is 6.32. The zero-order valence-corrected chi connectivity index (χ0v) is 10.5. The van der Waals surface area contributed by atoms with Crippen LogP contribution in [0, 0.1) is 10.1 Å². The van der Waals surface area contributed by atoms with Crippen molar-refractivity contribution in [1.82, 2.24) is 0 Å². The summed E-state index contributed by atoms with van der Waals surface area (Å²) in [5.74, 6) is 0.903. The minimum absolute atomic E-state index is 0.0801. The lowest BCUT2D eigenvalue weighted by Crippen LogP contribution is -1.89. The van der Waals surface area contributed by atoms with E-state index in [-0.39, 0.29) is 10.7 Å². The third-order valence-corrected chi connectivity index (χ3v) is 2.72. The van der Waals surface area contributed by atoms with Gasteiger partial charge in [0.05, 0.1) is 9.95 Å². The molecule has 2 rings (SSSR count). The fourth-order valence-electron chi connectivity index (χ4n) is 1.32. The van der Waals surface area contributed by atoms with E-state index in [4.69, 9.17) is 27.9 Å². The van der Waals surface area contributed by atoms with Crippen LogP contribution in [0.5, 0.6) is 11.5 Å². The number of rotatable bonds is 3. The van der Waals surface area contributed by atoms with E-state index >= 15 is 0 Å². The molecule has 0 fully saturated rings. The number of benzene rings is 2. The van der Waals surface area contributed by atoms with Gasteiger partial charge >= 0.3 is 0 Å². The average Bonchev–Trinajstić information content (AvgIpc) is 2.34. The minimum Gasteiger partial charge on any atom is -0.456 e. The van der Waals surface area contributed by atoms with E-state index in [1.807, 2.05) is 0 Å². The van der Waals surface area contributed by atoms with E-state index in [9.17, 15) is 10.1 Å². The maximum atomic E-state index is 10.6. The van der Waals surface area contributed by atoms with Crippen LogP contribution in [0.25, 0.3) is 0 Å². The third-order valence-electron chi connectivity index (χ3n) is 2.17. The Morgan fingerprint density at radius 1 is 1.06 bits per heavy atom. The Bertz CT molecular complexity index is 584. The zero-order valence-electron chi connectivity index (χ0n) is 8.97. The third kappa shape index (κ3) is 2.91. The Labute approximate surface area is 113 Å². The van der Waals surface area contributed by atoms with E-state index in [1.54, 1.807) is 24.3 Å². The van der Waals surface area contributed by atoms with E-state index in [0.29, 0.717) is 16.5 Å². The molecule has 4 nitrogen and oxygen atoms in total. The summed E-state index contributed by atoms with van der Waals surface area (Å²) in [6, 6.07) is 10.7. The molecular weight excluding hydrogens is 277 g/mol. The zero-order chi connectivity index (χ0) is 13.1. The van der Waals surface area contributed by atoms with Crippen LogP contribution in [0.1, 0.15) is 0 Å². The molecule has 0 aliphatic heterocycles. The van der Waals surface area contributed by atoms with Gasteiger partial charge < -0.3 is 4.74 Å². The first-order chi connectivity index (χ1) is 8.56. The van der Waals surface area contributed by atoms with Gasteiger partial charge in [-0.2, -0.15) is 0 Å². The Kier molecular flexibility index (Phi) is 3.69. The van der Waals surface area contributed by atoms with Gasteiger partial charge in [-0.25, -0.2) is 0 Å². The maximum absolute atomic E-state index is 10.6. The summed E-state index contributed by atoms with van der Waals surface area (Å²) < 4.78 is 5.49. The SMILES string of the molecule is O=[N+]([O-])c1ccc(Oc2ccc(Cl)cc2)c(Cl)c1. The molecule has 2 aromatic carbocycles. The van der Waals surface area contributed by atoms with Crippen LogP contribution in [0.4, 0.5) is 5.69 Å². The first-order valence-electron chi connectivity index (χ1n) is 4.93. The van der Waals surface area contributed by atoms with Gasteiger partial charge in [0.15, 0.2) is 0 Å². The summed E-state index contributed by atoms with van der Waals surface area (Å²) in [4.78, 5) is 10.0. The lowest BCUT2D eigenvalue weighted by atomic mass is 10.3. The van der Waals surface area contributed by atoms with Gasteiger partial charge in [0, 0.05) is 17.2 Å². The molecule has 0 saturated carbocycles. The topological polar surface area (TPSA) is 52.4 Å². The Hall–Kier alpha value is -1.78. The smallest absolute Gasteiger partial charge is 0.271 e. The van der Waals surface area contributed by atoms with Crippen molar-refractivity contribution in [3.8, 4) is 11.5 Å². The van der Waals surface area contributed by atoms with Crippen molar-refractivity contribution in [1.29, 1.82) is 0 Å². The highest BCUT2D eigenvalue weighted by Gasteiger charge is 2.10. The van der Waals surface area contributed by atoms with E-state index in [1.165, 1.54) is 18.2 Å². The molecule has 0 saturated heterocycles. The molecule has 2 aromatic rings. The predicted octanol–water partition coefficient (Wildman–Crippen LogP) is 4.69. The van der Waals surface area contributed by atoms with E-state index < -0.39 is 4.92 Å². The van der Waals surface area contributed by atoms with E-state index in [2.05, 4.69) is 0 Å². The van der Waals surface area contributed by atoms with Crippen molar-refractivity contribution in [2.24, 2.45) is 0 Å². The van der Waals surface area contributed by atoms with Crippen LogP contribution in [-0.2, 0) is 0 Å².